The minimum absolute atomic E-state index is 0.145. The molecule has 0 radical (unpaired) electrons. The van der Waals surface area contributed by atoms with Crippen LogP contribution in [0.4, 0.5) is 0 Å². The molecule has 0 aromatic carbocycles. The van der Waals surface area contributed by atoms with Crippen molar-refractivity contribution in [2.45, 2.75) is 46.1 Å². The minimum Gasteiger partial charge on any atom is -0.379 e. The standard InChI is InChI=1S/C14H23N3O2/c1-5-7-12-11(8-15-10-16-12)13(18)17-14(3,4)9-19-6-2/h8,10H,5-7,9H2,1-4H3,(H,17,18). The van der Waals surface area contributed by atoms with Crippen LogP contribution < -0.4 is 5.32 Å². The summed E-state index contributed by atoms with van der Waals surface area (Å²) in [6, 6.07) is 0. The number of carbonyl (C=O) groups excluding carboxylic acids is 1. The summed E-state index contributed by atoms with van der Waals surface area (Å²) < 4.78 is 5.37. The second kappa shape index (κ2) is 7.19. The van der Waals surface area contributed by atoms with Gasteiger partial charge in [0.2, 0.25) is 0 Å². The number of aryl methyl sites for hydroxylation is 1. The lowest BCUT2D eigenvalue weighted by Gasteiger charge is -2.26. The zero-order valence-electron chi connectivity index (χ0n) is 12.2. The van der Waals surface area contributed by atoms with E-state index in [1.54, 1.807) is 6.20 Å². The molecule has 1 rings (SSSR count). The summed E-state index contributed by atoms with van der Waals surface area (Å²) in [5.74, 6) is -0.145. The SMILES string of the molecule is CCCc1ncncc1C(=O)NC(C)(C)COCC. The van der Waals surface area contributed by atoms with E-state index in [1.807, 2.05) is 20.8 Å². The van der Waals surface area contributed by atoms with Gasteiger partial charge in [-0.15, -0.1) is 0 Å². The van der Waals surface area contributed by atoms with Crippen molar-refractivity contribution in [2.24, 2.45) is 0 Å². The molecule has 5 heteroatoms. The first-order valence-electron chi connectivity index (χ1n) is 6.69. The van der Waals surface area contributed by atoms with Crippen LogP contribution in [0, 0.1) is 0 Å². The normalized spacial score (nSPS) is 11.4. The Kier molecular flexibility index (Phi) is 5.89. The lowest BCUT2D eigenvalue weighted by molar-refractivity contribution is 0.0724. The quantitative estimate of drug-likeness (QED) is 0.818. The van der Waals surface area contributed by atoms with Crippen LogP contribution in [0.5, 0.6) is 0 Å². The van der Waals surface area contributed by atoms with Gasteiger partial charge in [0.05, 0.1) is 23.4 Å². The van der Waals surface area contributed by atoms with Gasteiger partial charge in [-0.05, 0) is 27.2 Å². The van der Waals surface area contributed by atoms with Crippen LogP contribution in [0.25, 0.3) is 0 Å². The van der Waals surface area contributed by atoms with Crippen molar-refractivity contribution < 1.29 is 9.53 Å². The van der Waals surface area contributed by atoms with Crippen molar-refractivity contribution in [3.63, 3.8) is 0 Å². The second-order valence-corrected chi connectivity index (χ2v) is 5.11. The van der Waals surface area contributed by atoms with Gasteiger partial charge >= 0.3 is 0 Å². The first kappa shape index (κ1) is 15.6. The number of hydrogen-bond acceptors (Lipinski definition) is 4. The van der Waals surface area contributed by atoms with Crippen LogP contribution >= 0.6 is 0 Å². The van der Waals surface area contributed by atoms with E-state index in [0.29, 0.717) is 18.8 Å². The predicted molar refractivity (Wildman–Crippen MR) is 74.1 cm³/mol. The number of hydrogen-bond donors (Lipinski definition) is 1. The molecule has 0 aliphatic rings. The summed E-state index contributed by atoms with van der Waals surface area (Å²) in [6.45, 7) is 8.97. The van der Waals surface area contributed by atoms with Gasteiger partial charge in [-0.3, -0.25) is 4.79 Å². The lowest BCUT2D eigenvalue weighted by Crippen LogP contribution is -2.47. The summed E-state index contributed by atoms with van der Waals surface area (Å²) >= 11 is 0. The minimum atomic E-state index is -0.410. The summed E-state index contributed by atoms with van der Waals surface area (Å²) in [4.78, 5) is 20.4. The third kappa shape index (κ3) is 4.95. The Labute approximate surface area is 114 Å². The zero-order chi connectivity index (χ0) is 14.3. The Bertz CT molecular complexity index is 419. The van der Waals surface area contributed by atoms with Gasteiger partial charge in [0.15, 0.2) is 0 Å². The van der Waals surface area contributed by atoms with Gasteiger partial charge in [0.25, 0.3) is 5.91 Å². The molecular formula is C14H23N3O2. The van der Waals surface area contributed by atoms with E-state index in [9.17, 15) is 4.79 Å². The first-order valence-corrected chi connectivity index (χ1v) is 6.69. The fourth-order valence-corrected chi connectivity index (χ4v) is 1.75. The molecule has 19 heavy (non-hydrogen) atoms. The van der Waals surface area contributed by atoms with Crippen molar-refractivity contribution in [3.8, 4) is 0 Å². The van der Waals surface area contributed by atoms with Gasteiger partial charge in [-0.25, -0.2) is 9.97 Å². The molecular weight excluding hydrogens is 242 g/mol. The monoisotopic (exact) mass is 265 g/mol. The van der Waals surface area contributed by atoms with E-state index in [1.165, 1.54) is 6.33 Å². The van der Waals surface area contributed by atoms with Crippen LogP contribution in [0.15, 0.2) is 12.5 Å². The second-order valence-electron chi connectivity index (χ2n) is 5.11. The molecule has 1 heterocycles. The zero-order valence-corrected chi connectivity index (χ0v) is 12.2. The maximum atomic E-state index is 12.3. The predicted octanol–water partition coefficient (Wildman–Crippen LogP) is 1.97. The van der Waals surface area contributed by atoms with E-state index in [0.717, 1.165) is 18.5 Å². The summed E-state index contributed by atoms with van der Waals surface area (Å²) in [5, 5.41) is 2.96. The van der Waals surface area contributed by atoms with Gasteiger partial charge in [-0.1, -0.05) is 13.3 Å². The molecule has 0 unspecified atom stereocenters. The number of nitrogens with one attached hydrogen (secondary N) is 1. The highest BCUT2D eigenvalue weighted by Crippen LogP contribution is 2.10. The number of rotatable bonds is 7. The molecule has 0 saturated carbocycles. The van der Waals surface area contributed by atoms with Gasteiger partial charge in [0.1, 0.15) is 6.33 Å². The molecule has 0 aliphatic heterocycles. The third-order valence-electron chi connectivity index (χ3n) is 2.65. The Morgan fingerprint density at radius 2 is 2.16 bits per heavy atom. The maximum Gasteiger partial charge on any atom is 0.255 e. The van der Waals surface area contributed by atoms with Gasteiger partial charge in [-0.2, -0.15) is 0 Å². The topological polar surface area (TPSA) is 64.1 Å². The molecule has 0 spiro atoms. The molecule has 1 amide bonds. The van der Waals surface area contributed by atoms with Crippen molar-refractivity contribution in [3.05, 3.63) is 23.8 Å². The fraction of sp³-hybridized carbons (Fsp3) is 0.643. The van der Waals surface area contributed by atoms with Crippen LogP contribution in [-0.4, -0.2) is 34.6 Å². The van der Waals surface area contributed by atoms with E-state index < -0.39 is 5.54 Å². The smallest absolute Gasteiger partial charge is 0.255 e. The molecule has 0 aliphatic carbocycles. The van der Waals surface area contributed by atoms with Gasteiger partial charge in [0, 0.05) is 12.8 Å². The average molecular weight is 265 g/mol. The number of nitrogens with zero attached hydrogens (tertiary/aromatic N) is 2. The Morgan fingerprint density at radius 3 is 2.79 bits per heavy atom. The van der Waals surface area contributed by atoms with Crippen molar-refractivity contribution in [1.29, 1.82) is 0 Å². The summed E-state index contributed by atoms with van der Waals surface area (Å²) in [5.41, 5.74) is 0.933. The highest BCUT2D eigenvalue weighted by molar-refractivity contribution is 5.95. The summed E-state index contributed by atoms with van der Waals surface area (Å²) in [7, 11) is 0. The number of ether oxygens (including phenoxy) is 1. The van der Waals surface area contributed by atoms with Crippen LogP contribution in [-0.2, 0) is 11.2 Å². The fourth-order valence-electron chi connectivity index (χ4n) is 1.75. The molecule has 1 aromatic rings. The van der Waals surface area contributed by atoms with E-state index in [2.05, 4.69) is 22.2 Å². The molecule has 0 bridgehead atoms. The largest absolute Gasteiger partial charge is 0.379 e. The highest BCUT2D eigenvalue weighted by Gasteiger charge is 2.23. The van der Waals surface area contributed by atoms with Crippen LogP contribution in [0.3, 0.4) is 0 Å². The average Bonchev–Trinajstić information content (AvgIpc) is 2.37. The van der Waals surface area contributed by atoms with Crippen LogP contribution in [0.1, 0.15) is 50.2 Å². The Hall–Kier alpha value is -1.49. The third-order valence-corrected chi connectivity index (χ3v) is 2.65. The molecule has 1 aromatic heterocycles. The maximum absolute atomic E-state index is 12.3. The van der Waals surface area contributed by atoms with Crippen LogP contribution in [0.2, 0.25) is 0 Å². The van der Waals surface area contributed by atoms with Crippen molar-refractivity contribution >= 4 is 5.91 Å². The van der Waals surface area contributed by atoms with Crippen molar-refractivity contribution in [1.82, 2.24) is 15.3 Å². The molecule has 5 nitrogen and oxygen atoms in total. The Balaban J connectivity index is 2.77. The molecule has 1 N–H and O–H groups in total. The lowest BCUT2D eigenvalue weighted by atomic mass is 10.1. The highest BCUT2D eigenvalue weighted by atomic mass is 16.5. The Morgan fingerprint density at radius 1 is 1.42 bits per heavy atom. The summed E-state index contributed by atoms with van der Waals surface area (Å²) in [6.07, 6.45) is 4.77. The molecule has 0 fully saturated rings. The van der Waals surface area contributed by atoms with E-state index >= 15 is 0 Å². The molecule has 106 valence electrons. The first-order chi connectivity index (χ1) is 9.00. The van der Waals surface area contributed by atoms with E-state index in [-0.39, 0.29) is 5.91 Å². The number of carbonyl (C=O) groups is 1. The number of aromatic nitrogens is 2. The molecule has 0 atom stereocenters. The molecule has 0 saturated heterocycles. The van der Waals surface area contributed by atoms with Crippen molar-refractivity contribution in [2.75, 3.05) is 13.2 Å². The number of amides is 1. The van der Waals surface area contributed by atoms with E-state index in [4.69, 9.17) is 4.74 Å². The van der Waals surface area contributed by atoms with Gasteiger partial charge < -0.3 is 10.1 Å².